The van der Waals surface area contributed by atoms with Gasteiger partial charge in [-0.15, -0.1) is 0 Å². The smallest absolute Gasteiger partial charge is 0.227 e. The van der Waals surface area contributed by atoms with Crippen molar-refractivity contribution in [3.8, 4) is 0 Å². The Bertz CT molecular complexity index is 878. The van der Waals surface area contributed by atoms with Crippen LogP contribution in [0.15, 0.2) is 42.5 Å². The van der Waals surface area contributed by atoms with Crippen LogP contribution >= 0.6 is 0 Å². The van der Waals surface area contributed by atoms with Crippen LogP contribution in [0.2, 0.25) is 0 Å². The van der Waals surface area contributed by atoms with Gasteiger partial charge in [-0.3, -0.25) is 4.79 Å². The Balaban J connectivity index is 1.80. The van der Waals surface area contributed by atoms with Gasteiger partial charge in [-0.2, -0.15) is 0 Å². The van der Waals surface area contributed by atoms with Crippen LogP contribution in [0.1, 0.15) is 20.3 Å². The molecule has 2 aromatic carbocycles. The van der Waals surface area contributed by atoms with Gasteiger partial charge in [0.15, 0.2) is 0 Å². The average molecular weight is 292 g/mol. The summed E-state index contributed by atoms with van der Waals surface area (Å²) in [6.45, 7) is 5.23. The molecular formula is C19H20N2O. The summed E-state index contributed by atoms with van der Waals surface area (Å²) >= 11 is 0. The molecule has 3 aromatic rings. The fourth-order valence-electron chi connectivity index (χ4n) is 3.39. The predicted octanol–water partition coefficient (Wildman–Crippen LogP) is 4.41. The molecule has 1 saturated carbocycles. The summed E-state index contributed by atoms with van der Waals surface area (Å²) in [5.74, 6) is 0.893. The number of benzene rings is 2. The number of nitrogens with zero attached hydrogens (tertiary/aromatic N) is 1. The summed E-state index contributed by atoms with van der Waals surface area (Å²) in [4.78, 5) is 12.1. The van der Waals surface area contributed by atoms with Crippen LogP contribution in [-0.2, 0) is 11.3 Å². The molecule has 1 N–H and O–H groups in total. The van der Waals surface area contributed by atoms with Crippen LogP contribution in [0.5, 0.6) is 0 Å². The lowest BCUT2D eigenvalue weighted by atomic mass is 10.1. The van der Waals surface area contributed by atoms with Gasteiger partial charge in [0.1, 0.15) is 0 Å². The van der Waals surface area contributed by atoms with Crippen molar-refractivity contribution in [3.63, 3.8) is 0 Å². The molecule has 4 rings (SSSR count). The van der Waals surface area contributed by atoms with Gasteiger partial charge in [0, 0.05) is 40.0 Å². The Kier molecular flexibility index (Phi) is 2.96. The van der Waals surface area contributed by atoms with Crippen molar-refractivity contribution >= 4 is 33.4 Å². The minimum atomic E-state index is 0.158. The molecule has 0 aliphatic heterocycles. The predicted molar refractivity (Wildman–Crippen MR) is 91.0 cm³/mol. The number of aryl methyl sites for hydroxylation is 1. The van der Waals surface area contributed by atoms with Gasteiger partial charge in [0.05, 0.1) is 0 Å². The van der Waals surface area contributed by atoms with Crippen molar-refractivity contribution in [1.29, 1.82) is 0 Å². The summed E-state index contributed by atoms with van der Waals surface area (Å²) in [5, 5.41) is 5.52. The number of rotatable bonds is 3. The number of aromatic nitrogens is 1. The first-order valence-corrected chi connectivity index (χ1v) is 8.01. The highest BCUT2D eigenvalue weighted by Gasteiger charge is 2.39. The van der Waals surface area contributed by atoms with Crippen molar-refractivity contribution in [2.75, 3.05) is 5.32 Å². The zero-order valence-corrected chi connectivity index (χ0v) is 13.0. The second-order valence-corrected chi connectivity index (χ2v) is 6.30. The zero-order valence-electron chi connectivity index (χ0n) is 13.0. The van der Waals surface area contributed by atoms with Gasteiger partial charge in [-0.1, -0.05) is 25.1 Å². The second-order valence-electron chi connectivity index (χ2n) is 6.30. The van der Waals surface area contributed by atoms with Crippen LogP contribution in [0.3, 0.4) is 0 Å². The highest BCUT2D eigenvalue weighted by Crippen LogP contribution is 2.39. The molecule has 3 heteroatoms. The largest absolute Gasteiger partial charge is 0.341 e. The Hall–Kier alpha value is -2.29. The van der Waals surface area contributed by atoms with Crippen molar-refractivity contribution in [1.82, 2.24) is 4.57 Å². The number of nitrogens with one attached hydrogen (secondary N) is 1. The first kappa shape index (κ1) is 13.4. The van der Waals surface area contributed by atoms with E-state index in [0.29, 0.717) is 5.92 Å². The quantitative estimate of drug-likeness (QED) is 0.762. The molecule has 1 fully saturated rings. The molecule has 1 heterocycles. The maximum absolute atomic E-state index is 12.1. The van der Waals surface area contributed by atoms with Gasteiger partial charge in [0.25, 0.3) is 0 Å². The van der Waals surface area contributed by atoms with Crippen molar-refractivity contribution in [2.24, 2.45) is 11.8 Å². The summed E-state index contributed by atoms with van der Waals surface area (Å²) in [5.41, 5.74) is 3.37. The van der Waals surface area contributed by atoms with Crippen LogP contribution in [-0.4, -0.2) is 10.5 Å². The van der Waals surface area contributed by atoms with Crippen LogP contribution in [0, 0.1) is 11.8 Å². The van der Waals surface area contributed by atoms with Gasteiger partial charge < -0.3 is 9.88 Å². The topological polar surface area (TPSA) is 34.0 Å². The molecule has 22 heavy (non-hydrogen) atoms. The molecule has 0 spiro atoms. The second kappa shape index (κ2) is 4.87. The Labute approximate surface area is 129 Å². The van der Waals surface area contributed by atoms with Crippen LogP contribution in [0.4, 0.5) is 5.69 Å². The first-order valence-electron chi connectivity index (χ1n) is 8.01. The van der Waals surface area contributed by atoms with Crippen molar-refractivity contribution in [2.45, 2.75) is 26.8 Å². The van der Waals surface area contributed by atoms with Gasteiger partial charge >= 0.3 is 0 Å². The third-order valence-electron chi connectivity index (χ3n) is 4.80. The Morgan fingerprint density at radius 1 is 1.18 bits per heavy atom. The van der Waals surface area contributed by atoms with E-state index >= 15 is 0 Å². The number of carbonyl (C=O) groups is 1. The molecule has 0 bridgehead atoms. The Morgan fingerprint density at radius 3 is 2.64 bits per heavy atom. The molecule has 3 nitrogen and oxygen atoms in total. The third-order valence-corrected chi connectivity index (χ3v) is 4.80. The van der Waals surface area contributed by atoms with E-state index in [4.69, 9.17) is 0 Å². The van der Waals surface area contributed by atoms with Crippen molar-refractivity contribution in [3.05, 3.63) is 42.5 Å². The number of fused-ring (bicyclic) bond motifs is 3. The molecule has 0 radical (unpaired) electrons. The molecule has 112 valence electrons. The molecule has 2 atom stereocenters. The molecule has 2 unspecified atom stereocenters. The number of para-hydroxylation sites is 1. The SMILES string of the molecule is CCn1c2ccccc2c2cc(NC(=O)C3CC3C)ccc21. The van der Waals surface area contributed by atoms with E-state index in [9.17, 15) is 4.79 Å². The zero-order chi connectivity index (χ0) is 15.3. The van der Waals surface area contributed by atoms with Gasteiger partial charge in [-0.05, 0) is 43.5 Å². The molecule has 1 aliphatic carbocycles. The molecular weight excluding hydrogens is 272 g/mol. The van der Waals surface area contributed by atoms with Crippen molar-refractivity contribution < 1.29 is 4.79 Å². The van der Waals surface area contributed by atoms with E-state index in [1.165, 1.54) is 21.8 Å². The van der Waals surface area contributed by atoms with E-state index in [2.05, 4.69) is 60.1 Å². The third kappa shape index (κ3) is 2.00. The molecule has 1 amide bonds. The van der Waals surface area contributed by atoms with E-state index in [1.54, 1.807) is 0 Å². The lowest BCUT2D eigenvalue weighted by Gasteiger charge is -2.06. The minimum Gasteiger partial charge on any atom is -0.341 e. The van der Waals surface area contributed by atoms with Gasteiger partial charge in [0.2, 0.25) is 5.91 Å². The van der Waals surface area contributed by atoms with E-state index in [0.717, 1.165) is 18.7 Å². The standard InChI is InChI=1S/C19H20N2O/c1-3-21-17-7-5-4-6-14(17)16-11-13(8-9-18(16)21)20-19(22)15-10-12(15)2/h4-9,11-12,15H,3,10H2,1-2H3,(H,20,22). The highest BCUT2D eigenvalue weighted by atomic mass is 16.2. The minimum absolute atomic E-state index is 0.158. The number of hydrogen-bond donors (Lipinski definition) is 1. The maximum Gasteiger partial charge on any atom is 0.227 e. The molecule has 0 saturated heterocycles. The highest BCUT2D eigenvalue weighted by molar-refractivity contribution is 6.10. The normalized spacial score (nSPS) is 20.5. The molecule has 1 aromatic heterocycles. The maximum atomic E-state index is 12.1. The monoisotopic (exact) mass is 292 g/mol. The Morgan fingerprint density at radius 2 is 1.91 bits per heavy atom. The van der Waals surface area contributed by atoms with Crippen LogP contribution < -0.4 is 5.32 Å². The van der Waals surface area contributed by atoms with E-state index in [-0.39, 0.29) is 11.8 Å². The lowest BCUT2D eigenvalue weighted by Crippen LogP contribution is -2.14. The lowest BCUT2D eigenvalue weighted by molar-refractivity contribution is -0.117. The van der Waals surface area contributed by atoms with Gasteiger partial charge in [-0.25, -0.2) is 0 Å². The number of anilines is 1. The molecule has 1 aliphatic rings. The van der Waals surface area contributed by atoms with E-state index < -0.39 is 0 Å². The summed E-state index contributed by atoms with van der Waals surface area (Å²) in [6.07, 6.45) is 1.02. The average Bonchev–Trinajstić information content (AvgIpc) is 3.18. The number of hydrogen-bond acceptors (Lipinski definition) is 1. The summed E-state index contributed by atoms with van der Waals surface area (Å²) in [7, 11) is 0. The number of amides is 1. The summed E-state index contributed by atoms with van der Waals surface area (Å²) in [6, 6.07) is 14.7. The fraction of sp³-hybridized carbons (Fsp3) is 0.316. The summed E-state index contributed by atoms with van der Waals surface area (Å²) < 4.78 is 2.32. The number of carbonyl (C=O) groups excluding carboxylic acids is 1. The first-order chi connectivity index (χ1) is 10.7. The van der Waals surface area contributed by atoms with E-state index in [1.807, 2.05) is 6.07 Å². The van der Waals surface area contributed by atoms with Crippen LogP contribution in [0.25, 0.3) is 21.8 Å². The fourth-order valence-corrected chi connectivity index (χ4v) is 3.39.